The van der Waals surface area contributed by atoms with Gasteiger partial charge in [0, 0.05) is 5.54 Å². The zero-order valence-corrected chi connectivity index (χ0v) is 13.5. The molecule has 0 saturated carbocycles. The Balaban J connectivity index is 3.28. The van der Waals surface area contributed by atoms with E-state index in [1.54, 1.807) is 6.92 Å². The second-order valence-electron chi connectivity index (χ2n) is 6.09. The second kappa shape index (κ2) is 5.38. The predicted molar refractivity (Wildman–Crippen MR) is 77.0 cm³/mol. The number of nitrogens with one attached hydrogen (secondary N) is 1. The SMILES string of the molecule is Cc1ccc(F)c(S(=O)(=O)NC(C)(C)C(C)(C)C(=O)O)c1. The highest BCUT2D eigenvalue weighted by Gasteiger charge is 2.46. The lowest BCUT2D eigenvalue weighted by molar-refractivity contribution is -0.150. The van der Waals surface area contributed by atoms with E-state index in [4.69, 9.17) is 0 Å². The molecule has 0 unspecified atom stereocenters. The molecule has 1 aromatic rings. The lowest BCUT2D eigenvalue weighted by Gasteiger charge is -2.38. The monoisotopic (exact) mass is 317 g/mol. The highest BCUT2D eigenvalue weighted by molar-refractivity contribution is 7.89. The third kappa shape index (κ3) is 3.41. The van der Waals surface area contributed by atoms with Gasteiger partial charge in [-0.15, -0.1) is 0 Å². The number of sulfonamides is 1. The van der Waals surface area contributed by atoms with Crippen LogP contribution in [-0.4, -0.2) is 25.0 Å². The second-order valence-corrected chi connectivity index (χ2v) is 7.75. The summed E-state index contributed by atoms with van der Waals surface area (Å²) in [5, 5.41) is 9.23. The highest BCUT2D eigenvalue weighted by Crippen LogP contribution is 2.32. The highest BCUT2D eigenvalue weighted by atomic mass is 32.2. The largest absolute Gasteiger partial charge is 0.481 e. The van der Waals surface area contributed by atoms with Crippen LogP contribution < -0.4 is 4.72 Å². The van der Waals surface area contributed by atoms with Gasteiger partial charge in [-0.25, -0.2) is 17.5 Å². The number of halogens is 1. The first-order valence-electron chi connectivity index (χ1n) is 6.35. The Bertz CT molecular complexity index is 666. The van der Waals surface area contributed by atoms with Gasteiger partial charge in [0.1, 0.15) is 10.7 Å². The van der Waals surface area contributed by atoms with Gasteiger partial charge in [-0.05, 0) is 52.3 Å². The molecule has 21 heavy (non-hydrogen) atoms. The number of hydrogen-bond donors (Lipinski definition) is 2. The summed E-state index contributed by atoms with van der Waals surface area (Å²) in [4.78, 5) is 10.8. The number of hydrogen-bond acceptors (Lipinski definition) is 3. The molecule has 1 rings (SSSR count). The van der Waals surface area contributed by atoms with Crippen LogP contribution >= 0.6 is 0 Å². The van der Waals surface area contributed by atoms with E-state index in [1.807, 2.05) is 0 Å². The molecule has 0 fully saturated rings. The van der Waals surface area contributed by atoms with E-state index in [2.05, 4.69) is 4.72 Å². The number of rotatable bonds is 5. The van der Waals surface area contributed by atoms with Crippen molar-refractivity contribution in [1.82, 2.24) is 4.72 Å². The molecule has 0 aromatic heterocycles. The molecule has 1 aromatic carbocycles. The van der Waals surface area contributed by atoms with Crippen LogP contribution in [0.4, 0.5) is 4.39 Å². The maximum absolute atomic E-state index is 13.8. The first kappa shape index (κ1) is 17.6. The fourth-order valence-electron chi connectivity index (χ4n) is 1.60. The Morgan fingerprint density at radius 1 is 1.24 bits per heavy atom. The average Bonchev–Trinajstić information content (AvgIpc) is 2.30. The van der Waals surface area contributed by atoms with Gasteiger partial charge in [-0.2, -0.15) is 0 Å². The number of carboxylic acid groups (broad SMARTS) is 1. The molecular weight excluding hydrogens is 297 g/mol. The molecule has 0 aliphatic heterocycles. The van der Waals surface area contributed by atoms with Crippen LogP contribution in [0.5, 0.6) is 0 Å². The summed E-state index contributed by atoms with van der Waals surface area (Å²) in [7, 11) is -4.18. The quantitative estimate of drug-likeness (QED) is 0.873. The standard InChI is InChI=1S/C14H20FNO4S/c1-9-6-7-10(15)11(8-9)21(19,20)16-14(4,5)13(2,3)12(17)18/h6-8,16H,1-5H3,(H,17,18). The Morgan fingerprint density at radius 3 is 2.24 bits per heavy atom. The molecule has 0 saturated heterocycles. The summed E-state index contributed by atoms with van der Waals surface area (Å²) in [6.07, 6.45) is 0. The fraction of sp³-hybridized carbons (Fsp3) is 0.500. The summed E-state index contributed by atoms with van der Waals surface area (Å²) in [5.74, 6) is -2.03. The summed E-state index contributed by atoms with van der Waals surface area (Å²) in [6, 6.07) is 3.74. The molecule has 2 N–H and O–H groups in total. The number of carboxylic acids is 1. The van der Waals surface area contributed by atoms with Gasteiger partial charge in [-0.1, -0.05) is 6.07 Å². The zero-order chi connectivity index (χ0) is 16.6. The van der Waals surface area contributed by atoms with Crippen molar-refractivity contribution in [3.05, 3.63) is 29.6 Å². The van der Waals surface area contributed by atoms with E-state index in [0.717, 1.165) is 6.07 Å². The van der Waals surface area contributed by atoms with Crippen molar-refractivity contribution in [3.63, 3.8) is 0 Å². The minimum atomic E-state index is -4.18. The van der Waals surface area contributed by atoms with Crippen LogP contribution in [0.15, 0.2) is 23.1 Å². The van der Waals surface area contributed by atoms with E-state index in [-0.39, 0.29) is 0 Å². The molecular formula is C14H20FNO4S. The van der Waals surface area contributed by atoms with E-state index >= 15 is 0 Å². The minimum absolute atomic E-state index is 0.489. The first-order chi connectivity index (χ1) is 9.31. The van der Waals surface area contributed by atoms with Crippen molar-refractivity contribution >= 4 is 16.0 Å². The number of aryl methyl sites for hydroxylation is 1. The molecule has 0 amide bonds. The molecule has 0 bridgehead atoms. The number of carbonyl (C=O) groups is 1. The normalized spacial score (nSPS) is 13.2. The van der Waals surface area contributed by atoms with Crippen molar-refractivity contribution < 1.29 is 22.7 Å². The molecule has 0 spiro atoms. The lowest BCUT2D eigenvalue weighted by atomic mass is 9.75. The molecule has 7 heteroatoms. The molecule has 0 heterocycles. The van der Waals surface area contributed by atoms with Crippen molar-refractivity contribution in [2.24, 2.45) is 5.41 Å². The predicted octanol–water partition coefficient (Wildman–Crippen LogP) is 2.30. The zero-order valence-electron chi connectivity index (χ0n) is 12.7. The van der Waals surface area contributed by atoms with E-state index in [9.17, 15) is 22.7 Å². The Labute approximate surface area is 124 Å². The Hall–Kier alpha value is -1.47. The molecule has 0 aliphatic rings. The average molecular weight is 317 g/mol. The van der Waals surface area contributed by atoms with Crippen LogP contribution in [0, 0.1) is 18.2 Å². The van der Waals surface area contributed by atoms with E-state index in [0.29, 0.717) is 5.56 Å². The van der Waals surface area contributed by atoms with Crippen molar-refractivity contribution in [2.75, 3.05) is 0 Å². The maximum atomic E-state index is 13.8. The smallest absolute Gasteiger partial charge is 0.310 e. The van der Waals surface area contributed by atoms with Crippen LogP contribution in [0.1, 0.15) is 33.3 Å². The molecule has 0 aliphatic carbocycles. The number of aliphatic carboxylic acids is 1. The minimum Gasteiger partial charge on any atom is -0.481 e. The van der Waals surface area contributed by atoms with Gasteiger partial charge in [0.25, 0.3) is 0 Å². The van der Waals surface area contributed by atoms with E-state index in [1.165, 1.54) is 39.8 Å². The van der Waals surface area contributed by atoms with Crippen molar-refractivity contribution in [2.45, 2.75) is 45.1 Å². The van der Waals surface area contributed by atoms with Crippen LogP contribution in [-0.2, 0) is 14.8 Å². The van der Waals surface area contributed by atoms with Crippen LogP contribution in [0.3, 0.4) is 0 Å². The first-order valence-corrected chi connectivity index (χ1v) is 7.83. The maximum Gasteiger partial charge on any atom is 0.310 e. The molecule has 118 valence electrons. The fourth-order valence-corrected chi connectivity index (χ4v) is 3.31. The molecule has 5 nitrogen and oxygen atoms in total. The summed E-state index contributed by atoms with van der Waals surface area (Å²) < 4.78 is 40.7. The van der Waals surface area contributed by atoms with Crippen LogP contribution in [0.2, 0.25) is 0 Å². The van der Waals surface area contributed by atoms with Gasteiger partial charge >= 0.3 is 5.97 Å². The lowest BCUT2D eigenvalue weighted by Crippen LogP contribution is -2.56. The van der Waals surface area contributed by atoms with Gasteiger partial charge in [0.2, 0.25) is 10.0 Å². The van der Waals surface area contributed by atoms with Gasteiger partial charge in [0.15, 0.2) is 0 Å². The molecule has 0 radical (unpaired) electrons. The van der Waals surface area contributed by atoms with Gasteiger partial charge in [-0.3, -0.25) is 4.79 Å². The third-order valence-corrected chi connectivity index (χ3v) is 5.53. The van der Waals surface area contributed by atoms with Crippen LogP contribution in [0.25, 0.3) is 0 Å². The van der Waals surface area contributed by atoms with Crippen molar-refractivity contribution in [1.29, 1.82) is 0 Å². The summed E-state index contributed by atoms with van der Waals surface area (Å²) in [5.41, 5.74) is -2.10. The summed E-state index contributed by atoms with van der Waals surface area (Å²) >= 11 is 0. The van der Waals surface area contributed by atoms with Gasteiger partial charge in [0.05, 0.1) is 5.41 Å². The van der Waals surface area contributed by atoms with Gasteiger partial charge < -0.3 is 5.11 Å². The topological polar surface area (TPSA) is 83.5 Å². The van der Waals surface area contributed by atoms with E-state index < -0.39 is 37.7 Å². The third-order valence-electron chi connectivity index (χ3n) is 3.86. The van der Waals surface area contributed by atoms with Crippen molar-refractivity contribution in [3.8, 4) is 0 Å². The summed E-state index contributed by atoms with van der Waals surface area (Å²) in [6.45, 7) is 7.36. The molecule has 0 atom stereocenters. The Kier molecular flexibility index (Phi) is 4.51. The number of benzene rings is 1. The Morgan fingerprint density at radius 2 is 1.76 bits per heavy atom.